The molecule has 1 unspecified atom stereocenters. The molecular formula is C36H47N5O5. The first-order valence-electron chi connectivity index (χ1n) is 16.7. The molecule has 5 atom stereocenters. The summed E-state index contributed by atoms with van der Waals surface area (Å²) in [5.41, 5.74) is 2.70. The number of carbonyl (C=O) groups is 4. The molecule has 10 heteroatoms. The van der Waals surface area contributed by atoms with Gasteiger partial charge in [-0.2, -0.15) is 0 Å². The standard InChI is InChI=1S/C36H47N5O5/c1-23(42)11-12-28-32(46-36(3,4)5)20-35(45)40(28)26-14-16-39(22-26)30-19-34(44)41(31(30)17-25-9-7-6-8-10-25)27-13-15-38(21-27)29-18-33(43)37-24(29)2/h6-10,18-20,24,26-28,31H,11-17,21-22H2,1-5H3,(H,37,43)/t24-,26-,27?,28-,31-/m0/s1. The van der Waals surface area contributed by atoms with Gasteiger partial charge in [0, 0.05) is 62.2 Å². The summed E-state index contributed by atoms with van der Waals surface area (Å²) >= 11 is 0. The van der Waals surface area contributed by atoms with Gasteiger partial charge in [-0.25, -0.2) is 0 Å². The second kappa shape index (κ2) is 12.6. The minimum absolute atomic E-state index is 0.0213. The number of nitrogens with zero attached hydrogens (tertiary/aromatic N) is 4. The highest BCUT2D eigenvalue weighted by atomic mass is 16.5. The average Bonchev–Trinajstić information content (AvgIpc) is 3.79. The van der Waals surface area contributed by atoms with Gasteiger partial charge in [-0.3, -0.25) is 14.4 Å². The Kier molecular flexibility index (Phi) is 8.74. The Balaban J connectivity index is 1.21. The molecule has 0 spiro atoms. The van der Waals surface area contributed by atoms with Crippen LogP contribution in [-0.2, 0) is 30.3 Å². The number of rotatable bonds is 10. The quantitative estimate of drug-likeness (QED) is 0.424. The predicted octanol–water partition coefficient (Wildman–Crippen LogP) is 3.15. The molecule has 1 aromatic rings. The lowest BCUT2D eigenvalue weighted by atomic mass is 10.0. The van der Waals surface area contributed by atoms with E-state index in [0.29, 0.717) is 38.1 Å². The molecule has 5 aliphatic rings. The fourth-order valence-corrected chi connectivity index (χ4v) is 7.82. The first-order chi connectivity index (χ1) is 21.9. The Bertz CT molecular complexity index is 1480. The predicted molar refractivity (Wildman–Crippen MR) is 174 cm³/mol. The number of hydrogen-bond donors (Lipinski definition) is 1. The third-order valence-corrected chi connectivity index (χ3v) is 9.78. The van der Waals surface area contributed by atoms with Gasteiger partial charge in [0.1, 0.15) is 17.1 Å². The zero-order valence-corrected chi connectivity index (χ0v) is 27.7. The lowest BCUT2D eigenvalue weighted by Gasteiger charge is -2.36. The molecule has 6 rings (SSSR count). The second-order valence-corrected chi connectivity index (χ2v) is 14.4. The van der Waals surface area contributed by atoms with E-state index >= 15 is 0 Å². The van der Waals surface area contributed by atoms with E-state index in [4.69, 9.17) is 4.74 Å². The molecule has 0 saturated carbocycles. The summed E-state index contributed by atoms with van der Waals surface area (Å²) in [4.78, 5) is 59.8. The van der Waals surface area contributed by atoms with Crippen LogP contribution in [0.2, 0.25) is 0 Å². The number of ketones is 1. The molecule has 246 valence electrons. The zero-order valence-electron chi connectivity index (χ0n) is 27.7. The highest BCUT2D eigenvalue weighted by Crippen LogP contribution is 2.37. The van der Waals surface area contributed by atoms with E-state index in [1.807, 2.05) is 56.9 Å². The van der Waals surface area contributed by atoms with E-state index < -0.39 is 5.60 Å². The van der Waals surface area contributed by atoms with Crippen molar-refractivity contribution in [3.05, 3.63) is 71.3 Å². The first kappa shape index (κ1) is 31.9. The van der Waals surface area contributed by atoms with Gasteiger partial charge in [-0.1, -0.05) is 30.3 Å². The lowest BCUT2D eigenvalue weighted by molar-refractivity contribution is -0.129. The molecule has 10 nitrogen and oxygen atoms in total. The van der Waals surface area contributed by atoms with Crippen LogP contribution in [0.3, 0.4) is 0 Å². The van der Waals surface area contributed by atoms with E-state index in [1.54, 1.807) is 19.1 Å². The van der Waals surface area contributed by atoms with Crippen LogP contribution in [0.25, 0.3) is 0 Å². The van der Waals surface area contributed by atoms with Crippen LogP contribution in [0.4, 0.5) is 0 Å². The number of likely N-dealkylation sites (tertiary alicyclic amines) is 2. The third-order valence-electron chi connectivity index (χ3n) is 9.78. The number of Topliss-reactive ketones (excluding diaryl/α,β-unsaturated/α-hetero) is 1. The van der Waals surface area contributed by atoms with Gasteiger partial charge in [0.25, 0.3) is 5.91 Å². The van der Waals surface area contributed by atoms with Crippen LogP contribution in [0.1, 0.15) is 65.9 Å². The summed E-state index contributed by atoms with van der Waals surface area (Å²) in [6, 6.07) is 9.80. The molecule has 2 saturated heterocycles. The highest BCUT2D eigenvalue weighted by molar-refractivity contribution is 5.93. The Labute approximate surface area is 272 Å². The van der Waals surface area contributed by atoms with Gasteiger partial charge in [-0.15, -0.1) is 0 Å². The molecule has 2 fully saturated rings. The Hall–Kier alpha value is -4.08. The fourth-order valence-electron chi connectivity index (χ4n) is 7.82. The average molecular weight is 630 g/mol. The van der Waals surface area contributed by atoms with Crippen molar-refractivity contribution < 1.29 is 23.9 Å². The molecule has 5 aliphatic heterocycles. The van der Waals surface area contributed by atoms with Gasteiger partial charge in [0.15, 0.2) is 0 Å². The molecule has 0 aromatic heterocycles. The summed E-state index contributed by atoms with van der Waals surface area (Å²) < 4.78 is 6.24. The summed E-state index contributed by atoms with van der Waals surface area (Å²) in [6.07, 6.45) is 8.31. The molecule has 0 aliphatic carbocycles. The highest BCUT2D eigenvalue weighted by Gasteiger charge is 2.47. The Morgan fingerprint density at radius 3 is 2.07 bits per heavy atom. The summed E-state index contributed by atoms with van der Waals surface area (Å²) in [5, 5.41) is 2.96. The largest absolute Gasteiger partial charge is 0.490 e. The molecule has 1 aromatic carbocycles. The summed E-state index contributed by atoms with van der Waals surface area (Å²) in [6.45, 7) is 12.3. The Morgan fingerprint density at radius 1 is 0.870 bits per heavy atom. The van der Waals surface area contributed by atoms with Crippen molar-refractivity contribution in [2.75, 3.05) is 26.2 Å². The van der Waals surface area contributed by atoms with Crippen LogP contribution in [-0.4, -0.2) is 105 Å². The van der Waals surface area contributed by atoms with Crippen LogP contribution in [0, 0.1) is 0 Å². The molecule has 5 heterocycles. The molecule has 0 radical (unpaired) electrons. The minimum Gasteiger partial charge on any atom is -0.490 e. The maximum Gasteiger partial charge on any atom is 0.250 e. The number of carbonyl (C=O) groups excluding carboxylic acids is 4. The first-order valence-corrected chi connectivity index (χ1v) is 16.7. The molecule has 0 bridgehead atoms. The second-order valence-electron chi connectivity index (χ2n) is 14.4. The number of hydrogen-bond acceptors (Lipinski definition) is 7. The van der Waals surface area contributed by atoms with E-state index in [-0.39, 0.29) is 53.7 Å². The summed E-state index contributed by atoms with van der Waals surface area (Å²) in [7, 11) is 0. The van der Waals surface area contributed by atoms with Crippen LogP contribution < -0.4 is 5.32 Å². The normalized spacial score (nSPS) is 28.2. The topological polar surface area (TPSA) is 102 Å². The van der Waals surface area contributed by atoms with Crippen molar-refractivity contribution in [3.8, 4) is 0 Å². The lowest BCUT2D eigenvalue weighted by Crippen LogP contribution is -2.48. The smallest absolute Gasteiger partial charge is 0.250 e. The van der Waals surface area contributed by atoms with E-state index in [1.165, 1.54) is 0 Å². The number of nitrogens with one attached hydrogen (secondary N) is 1. The van der Waals surface area contributed by atoms with Crippen molar-refractivity contribution in [2.45, 2.75) is 103 Å². The number of benzene rings is 1. The van der Waals surface area contributed by atoms with Gasteiger partial charge in [0.2, 0.25) is 11.8 Å². The van der Waals surface area contributed by atoms with Gasteiger partial charge in [0.05, 0.1) is 30.2 Å². The summed E-state index contributed by atoms with van der Waals surface area (Å²) in [5.74, 6) is 0.606. The van der Waals surface area contributed by atoms with Crippen LogP contribution in [0.15, 0.2) is 65.7 Å². The van der Waals surface area contributed by atoms with Crippen LogP contribution in [0.5, 0.6) is 0 Å². The van der Waals surface area contributed by atoms with E-state index in [2.05, 4.69) is 32.1 Å². The molecular weight excluding hydrogens is 582 g/mol. The monoisotopic (exact) mass is 629 g/mol. The Morgan fingerprint density at radius 2 is 1.48 bits per heavy atom. The van der Waals surface area contributed by atoms with E-state index in [0.717, 1.165) is 42.9 Å². The SMILES string of the molecule is CC(=O)CC[C@H]1C(OC(C)(C)C)=CC(=O)N1[C@H]1CCN(C2=CC(=O)N(C3CCN(C4=CC(=O)N[C@H]4C)C3)[C@H]2Cc2ccccc2)C1. The minimum atomic E-state index is -0.463. The molecule has 3 amide bonds. The van der Waals surface area contributed by atoms with Gasteiger partial charge >= 0.3 is 0 Å². The number of ether oxygens (including phenoxy) is 1. The number of amides is 3. The zero-order chi connectivity index (χ0) is 32.7. The third kappa shape index (κ3) is 6.57. The van der Waals surface area contributed by atoms with E-state index in [9.17, 15) is 19.2 Å². The maximum absolute atomic E-state index is 13.8. The van der Waals surface area contributed by atoms with Crippen molar-refractivity contribution >= 4 is 23.5 Å². The fraction of sp³-hybridized carbons (Fsp3) is 0.556. The van der Waals surface area contributed by atoms with Gasteiger partial charge < -0.3 is 34.4 Å². The van der Waals surface area contributed by atoms with Crippen molar-refractivity contribution in [2.24, 2.45) is 0 Å². The molecule has 46 heavy (non-hydrogen) atoms. The van der Waals surface area contributed by atoms with Crippen molar-refractivity contribution in [1.29, 1.82) is 0 Å². The maximum atomic E-state index is 13.8. The van der Waals surface area contributed by atoms with Crippen LogP contribution >= 0.6 is 0 Å². The van der Waals surface area contributed by atoms with Crippen molar-refractivity contribution in [3.63, 3.8) is 0 Å². The van der Waals surface area contributed by atoms with Crippen molar-refractivity contribution in [1.82, 2.24) is 24.9 Å². The van der Waals surface area contributed by atoms with Gasteiger partial charge in [-0.05, 0) is 65.9 Å². The molecule has 1 N–H and O–H groups in total.